The zero-order valence-electron chi connectivity index (χ0n) is 24.1. The van der Waals surface area contributed by atoms with Crippen molar-refractivity contribution >= 4 is 27.3 Å². The molecule has 0 heterocycles. The monoisotopic (exact) mass is 592 g/mol. The molecule has 43 heavy (non-hydrogen) atoms. The lowest BCUT2D eigenvalue weighted by Gasteiger charge is -2.57. The number of benzene rings is 4. The molecule has 4 aliphatic carbocycles. The second-order valence-corrected chi connectivity index (χ2v) is 14.4. The van der Waals surface area contributed by atoms with Gasteiger partial charge in [-0.3, -0.25) is 9.10 Å². The van der Waals surface area contributed by atoms with Crippen LogP contribution in [0.3, 0.4) is 0 Å². The minimum absolute atomic E-state index is 0.118. The van der Waals surface area contributed by atoms with Gasteiger partial charge < -0.3 is 10.1 Å². The van der Waals surface area contributed by atoms with Crippen molar-refractivity contribution in [2.45, 2.75) is 48.8 Å². The molecular weight excluding hydrogens is 556 g/mol. The molecule has 4 aromatic carbocycles. The number of sulfonamides is 1. The molecule has 4 bridgehead atoms. The molecule has 8 rings (SSSR count). The van der Waals surface area contributed by atoms with Crippen LogP contribution in [-0.2, 0) is 20.2 Å². The Morgan fingerprint density at radius 2 is 1.26 bits per heavy atom. The Morgan fingerprint density at radius 1 is 0.721 bits per heavy atom. The van der Waals surface area contributed by atoms with Gasteiger partial charge in [0.2, 0.25) is 5.91 Å². The third kappa shape index (κ3) is 5.66. The summed E-state index contributed by atoms with van der Waals surface area (Å²) in [5.41, 5.74) is 2.71. The third-order valence-corrected chi connectivity index (χ3v) is 11.3. The Kier molecular flexibility index (Phi) is 7.21. The number of nitrogens with zero attached hydrogens (tertiary/aromatic N) is 1. The van der Waals surface area contributed by atoms with Gasteiger partial charge >= 0.3 is 0 Å². The molecule has 0 radical (unpaired) electrons. The predicted octanol–water partition coefficient (Wildman–Crippen LogP) is 7.78. The molecule has 7 heteroatoms. The van der Waals surface area contributed by atoms with Gasteiger partial charge in [0.1, 0.15) is 18.0 Å². The maximum Gasteiger partial charge on any atom is 0.264 e. The molecule has 0 atom stereocenters. The van der Waals surface area contributed by atoms with E-state index in [9.17, 15) is 13.2 Å². The number of carbonyl (C=O) groups is 1. The molecule has 0 aliphatic heterocycles. The highest BCUT2D eigenvalue weighted by molar-refractivity contribution is 7.92. The number of amides is 1. The van der Waals surface area contributed by atoms with Crippen LogP contribution in [0, 0.1) is 17.8 Å². The lowest BCUT2D eigenvalue weighted by molar-refractivity contribution is -0.114. The van der Waals surface area contributed by atoms with Crippen LogP contribution in [0.15, 0.2) is 114 Å². The Labute approximate surface area is 253 Å². The molecule has 4 fully saturated rings. The average molecular weight is 593 g/mol. The zero-order valence-corrected chi connectivity index (χ0v) is 24.9. The van der Waals surface area contributed by atoms with Gasteiger partial charge in [-0.1, -0.05) is 48.5 Å². The Balaban J connectivity index is 1.09. The van der Waals surface area contributed by atoms with Gasteiger partial charge in [0.05, 0.1) is 10.6 Å². The molecule has 220 valence electrons. The Hall–Kier alpha value is -4.10. The van der Waals surface area contributed by atoms with E-state index in [-0.39, 0.29) is 16.9 Å². The topological polar surface area (TPSA) is 75.7 Å². The van der Waals surface area contributed by atoms with Crippen molar-refractivity contribution in [1.29, 1.82) is 0 Å². The second-order valence-electron chi connectivity index (χ2n) is 12.6. The number of carbonyl (C=O) groups excluding carboxylic acids is 1. The summed E-state index contributed by atoms with van der Waals surface area (Å²) >= 11 is 0. The minimum atomic E-state index is -4.01. The molecular formula is C36H36N2O4S. The number of hydrogen-bond donors (Lipinski definition) is 1. The van der Waals surface area contributed by atoms with E-state index in [2.05, 4.69) is 17.4 Å². The molecule has 1 amide bonds. The van der Waals surface area contributed by atoms with Gasteiger partial charge in [-0.25, -0.2) is 8.42 Å². The number of hydrogen-bond acceptors (Lipinski definition) is 4. The number of para-hydroxylation sites is 1. The molecule has 0 saturated heterocycles. The van der Waals surface area contributed by atoms with Crippen molar-refractivity contribution in [1.82, 2.24) is 0 Å². The van der Waals surface area contributed by atoms with E-state index >= 15 is 0 Å². The minimum Gasteiger partial charge on any atom is -0.457 e. The van der Waals surface area contributed by atoms with Crippen molar-refractivity contribution in [3.63, 3.8) is 0 Å². The normalized spacial score (nSPS) is 24.0. The van der Waals surface area contributed by atoms with E-state index in [1.807, 2.05) is 42.5 Å². The molecule has 6 nitrogen and oxygen atoms in total. The maximum absolute atomic E-state index is 13.8. The zero-order chi connectivity index (χ0) is 29.4. The smallest absolute Gasteiger partial charge is 0.264 e. The molecule has 0 unspecified atom stereocenters. The summed E-state index contributed by atoms with van der Waals surface area (Å²) in [6.07, 6.45) is 8.06. The van der Waals surface area contributed by atoms with E-state index in [0.29, 0.717) is 22.9 Å². The first kappa shape index (κ1) is 27.7. The van der Waals surface area contributed by atoms with Crippen LogP contribution in [-0.4, -0.2) is 20.9 Å². The molecule has 0 aromatic heterocycles. The van der Waals surface area contributed by atoms with Crippen molar-refractivity contribution in [2.75, 3.05) is 16.2 Å². The third-order valence-electron chi connectivity index (χ3n) is 9.54. The average Bonchev–Trinajstić information content (AvgIpc) is 3.01. The van der Waals surface area contributed by atoms with E-state index in [1.54, 1.807) is 42.5 Å². The van der Waals surface area contributed by atoms with E-state index in [1.165, 1.54) is 56.2 Å². The van der Waals surface area contributed by atoms with Crippen molar-refractivity contribution in [3.8, 4) is 11.5 Å². The van der Waals surface area contributed by atoms with Gasteiger partial charge in [0.15, 0.2) is 0 Å². The highest BCUT2D eigenvalue weighted by Gasteiger charge is 2.51. The summed E-state index contributed by atoms with van der Waals surface area (Å²) in [6, 6.07) is 32.6. The quantitative estimate of drug-likeness (QED) is 0.215. The summed E-state index contributed by atoms with van der Waals surface area (Å²) in [5, 5.41) is 2.94. The first-order chi connectivity index (χ1) is 20.9. The fourth-order valence-corrected chi connectivity index (χ4v) is 9.48. The summed E-state index contributed by atoms with van der Waals surface area (Å²) in [4.78, 5) is 13.5. The van der Waals surface area contributed by atoms with Crippen LogP contribution in [0.5, 0.6) is 11.5 Å². The summed E-state index contributed by atoms with van der Waals surface area (Å²) in [5.74, 6) is 3.42. The number of ether oxygens (including phenoxy) is 1. The van der Waals surface area contributed by atoms with Gasteiger partial charge in [-0.05, 0) is 128 Å². The van der Waals surface area contributed by atoms with Gasteiger partial charge in [0, 0.05) is 5.69 Å². The van der Waals surface area contributed by atoms with E-state index in [0.717, 1.165) is 22.1 Å². The van der Waals surface area contributed by atoms with Crippen LogP contribution in [0.4, 0.5) is 11.4 Å². The first-order valence-corrected chi connectivity index (χ1v) is 16.6. The van der Waals surface area contributed by atoms with Gasteiger partial charge in [0.25, 0.3) is 10.0 Å². The molecule has 1 N–H and O–H groups in total. The van der Waals surface area contributed by atoms with Crippen LogP contribution >= 0.6 is 0 Å². The maximum atomic E-state index is 13.8. The standard InChI is InChI=1S/C36H36N2O4S/c39-35(37-30-13-11-29(12-14-30)36-22-26-19-27(23-36)21-28(20-26)24-36)25-38(43(40,41)34-9-5-2-6-10-34)31-15-17-33(18-16-31)42-32-7-3-1-4-8-32/h1-18,26-28H,19-25H2,(H,37,39). The van der Waals surface area contributed by atoms with E-state index < -0.39 is 15.9 Å². The molecule has 4 saturated carbocycles. The van der Waals surface area contributed by atoms with Crippen LogP contribution in [0.1, 0.15) is 44.1 Å². The predicted molar refractivity (Wildman–Crippen MR) is 169 cm³/mol. The van der Waals surface area contributed by atoms with Crippen LogP contribution in [0.25, 0.3) is 0 Å². The fraction of sp³-hybridized carbons (Fsp3) is 0.306. The number of rotatable bonds is 9. The van der Waals surface area contributed by atoms with Crippen LogP contribution in [0.2, 0.25) is 0 Å². The van der Waals surface area contributed by atoms with Crippen molar-refractivity contribution < 1.29 is 17.9 Å². The lowest BCUT2D eigenvalue weighted by atomic mass is 9.48. The first-order valence-electron chi connectivity index (χ1n) is 15.2. The molecule has 4 aliphatic rings. The van der Waals surface area contributed by atoms with Crippen molar-refractivity contribution in [2.24, 2.45) is 17.8 Å². The largest absolute Gasteiger partial charge is 0.457 e. The van der Waals surface area contributed by atoms with Gasteiger partial charge in [-0.15, -0.1) is 0 Å². The van der Waals surface area contributed by atoms with E-state index in [4.69, 9.17) is 4.74 Å². The Morgan fingerprint density at radius 3 is 1.84 bits per heavy atom. The SMILES string of the molecule is O=C(CN(c1ccc(Oc2ccccc2)cc1)S(=O)(=O)c1ccccc1)Nc1ccc(C23CC4CC(CC(C4)C2)C3)cc1. The summed E-state index contributed by atoms with van der Waals surface area (Å²) < 4.78 is 34.6. The highest BCUT2D eigenvalue weighted by atomic mass is 32.2. The number of nitrogens with one attached hydrogen (secondary N) is 1. The fourth-order valence-electron chi connectivity index (χ4n) is 8.04. The van der Waals surface area contributed by atoms with Crippen molar-refractivity contribution in [3.05, 3.63) is 115 Å². The highest BCUT2D eigenvalue weighted by Crippen LogP contribution is 2.60. The summed E-state index contributed by atoms with van der Waals surface area (Å²) in [6.45, 7) is -0.368. The van der Waals surface area contributed by atoms with Gasteiger partial charge in [-0.2, -0.15) is 0 Å². The second kappa shape index (κ2) is 11.2. The number of anilines is 2. The molecule has 0 spiro atoms. The lowest BCUT2D eigenvalue weighted by Crippen LogP contribution is -2.48. The molecule has 4 aromatic rings. The Bertz CT molecular complexity index is 1650. The van der Waals surface area contributed by atoms with Crippen LogP contribution < -0.4 is 14.4 Å². The summed E-state index contributed by atoms with van der Waals surface area (Å²) in [7, 11) is -4.01.